The molecule has 0 spiro atoms. The van der Waals surface area contributed by atoms with Gasteiger partial charge in [0.05, 0.1) is 0 Å². The molecule has 1 radical (unpaired) electrons. The summed E-state index contributed by atoms with van der Waals surface area (Å²) in [6, 6.07) is 0.143. The maximum absolute atomic E-state index is 7.38. The topological polar surface area (TPSA) is 23.8 Å². The monoisotopic (exact) mass is 210 g/mol. The Labute approximate surface area is 96.1 Å². The fourth-order valence-electron chi connectivity index (χ4n) is 1.70. The molecule has 0 aliphatic heterocycles. The lowest BCUT2D eigenvalue weighted by molar-refractivity contribution is 0.544. The van der Waals surface area contributed by atoms with Crippen LogP contribution in [0.25, 0.3) is 0 Å². The lowest BCUT2D eigenvalue weighted by Gasteiger charge is -2.03. The fourth-order valence-corrected chi connectivity index (χ4v) is 1.70. The molecule has 0 saturated carbocycles. The predicted octanol–water partition coefficient (Wildman–Crippen LogP) is 4.74. The van der Waals surface area contributed by atoms with Crippen molar-refractivity contribution in [1.82, 2.24) is 5.73 Å². The molecule has 1 atom stereocenters. The number of unbranched alkanes of at least 4 members (excludes halogenated alkanes) is 6. The second-order valence-corrected chi connectivity index (χ2v) is 4.48. The second-order valence-electron chi connectivity index (χ2n) is 4.48. The summed E-state index contributed by atoms with van der Waals surface area (Å²) in [5, 5.41) is 0. The van der Waals surface area contributed by atoms with Crippen LogP contribution >= 0.6 is 0 Å². The summed E-state index contributed by atoms with van der Waals surface area (Å²) < 4.78 is 0. The van der Waals surface area contributed by atoms with Crippen LogP contribution in [-0.4, -0.2) is 6.04 Å². The van der Waals surface area contributed by atoms with Gasteiger partial charge in [0.1, 0.15) is 0 Å². The number of allylic oxidation sites excluding steroid dienone is 2. The second kappa shape index (κ2) is 11.8. The Morgan fingerprint density at radius 3 is 2.13 bits per heavy atom. The Morgan fingerprint density at radius 1 is 0.933 bits per heavy atom. The Morgan fingerprint density at radius 2 is 1.53 bits per heavy atom. The number of hydrogen-bond acceptors (Lipinski definition) is 0. The van der Waals surface area contributed by atoms with E-state index >= 15 is 0 Å². The average molecular weight is 210 g/mol. The third-order valence-electron chi connectivity index (χ3n) is 2.66. The zero-order valence-electron chi connectivity index (χ0n) is 10.6. The lowest BCUT2D eigenvalue weighted by Crippen LogP contribution is -2.00. The largest absolute Gasteiger partial charge is 0.255 e. The minimum atomic E-state index is 0.143. The van der Waals surface area contributed by atoms with E-state index in [0.717, 1.165) is 6.42 Å². The lowest BCUT2D eigenvalue weighted by atomic mass is 10.1. The van der Waals surface area contributed by atoms with Gasteiger partial charge in [-0.3, -0.25) is 5.73 Å². The highest BCUT2D eigenvalue weighted by Gasteiger charge is 1.94. The van der Waals surface area contributed by atoms with Crippen LogP contribution in [0.5, 0.6) is 0 Å². The molecule has 0 amide bonds. The van der Waals surface area contributed by atoms with Crippen molar-refractivity contribution in [2.45, 2.75) is 77.7 Å². The molecular formula is C14H28N. The van der Waals surface area contributed by atoms with Crippen LogP contribution < -0.4 is 5.73 Å². The summed E-state index contributed by atoms with van der Waals surface area (Å²) in [5.41, 5.74) is 7.38. The van der Waals surface area contributed by atoms with Crippen molar-refractivity contribution in [1.29, 1.82) is 0 Å². The van der Waals surface area contributed by atoms with Crippen molar-refractivity contribution in [3.63, 3.8) is 0 Å². The Kier molecular flexibility index (Phi) is 11.5. The van der Waals surface area contributed by atoms with Gasteiger partial charge in [-0.1, -0.05) is 51.2 Å². The minimum absolute atomic E-state index is 0.143. The van der Waals surface area contributed by atoms with Gasteiger partial charge in [0, 0.05) is 6.04 Å². The van der Waals surface area contributed by atoms with E-state index in [4.69, 9.17) is 5.73 Å². The first-order chi connectivity index (χ1) is 7.27. The highest BCUT2D eigenvalue weighted by Crippen LogP contribution is 2.09. The van der Waals surface area contributed by atoms with Crippen LogP contribution in [0.2, 0.25) is 0 Å². The first kappa shape index (κ1) is 14.7. The van der Waals surface area contributed by atoms with Crippen LogP contribution in [-0.2, 0) is 0 Å². The maximum atomic E-state index is 7.38. The van der Waals surface area contributed by atoms with Gasteiger partial charge in [-0.2, -0.15) is 0 Å². The van der Waals surface area contributed by atoms with E-state index in [2.05, 4.69) is 19.1 Å². The van der Waals surface area contributed by atoms with Crippen molar-refractivity contribution < 1.29 is 0 Å². The molecule has 0 rings (SSSR count). The summed E-state index contributed by atoms with van der Waals surface area (Å²) in [6.07, 6.45) is 16.1. The molecule has 15 heavy (non-hydrogen) atoms. The Balaban J connectivity index is 2.96. The molecule has 0 fully saturated rings. The molecule has 89 valence electrons. The smallest absolute Gasteiger partial charge is 0.0184 e. The van der Waals surface area contributed by atoms with E-state index in [0.29, 0.717) is 0 Å². The number of nitrogens with one attached hydrogen (secondary N) is 1. The summed E-state index contributed by atoms with van der Waals surface area (Å²) in [5.74, 6) is 0. The van der Waals surface area contributed by atoms with Gasteiger partial charge in [0.15, 0.2) is 0 Å². The van der Waals surface area contributed by atoms with Crippen LogP contribution in [0, 0.1) is 0 Å². The molecular weight excluding hydrogens is 182 g/mol. The van der Waals surface area contributed by atoms with Gasteiger partial charge < -0.3 is 0 Å². The summed E-state index contributed by atoms with van der Waals surface area (Å²) in [4.78, 5) is 0. The van der Waals surface area contributed by atoms with E-state index in [9.17, 15) is 0 Å². The predicted molar refractivity (Wildman–Crippen MR) is 68.9 cm³/mol. The molecule has 0 heterocycles. The molecule has 0 bridgehead atoms. The van der Waals surface area contributed by atoms with Crippen LogP contribution in [0.3, 0.4) is 0 Å². The summed E-state index contributed by atoms with van der Waals surface area (Å²) >= 11 is 0. The summed E-state index contributed by atoms with van der Waals surface area (Å²) in [6.45, 7) is 4.17. The Bertz CT molecular complexity index is 138. The van der Waals surface area contributed by atoms with Gasteiger partial charge in [0.25, 0.3) is 0 Å². The maximum Gasteiger partial charge on any atom is 0.0184 e. The molecule has 1 heteroatoms. The van der Waals surface area contributed by atoms with Gasteiger partial charge in [-0.25, -0.2) is 0 Å². The summed E-state index contributed by atoms with van der Waals surface area (Å²) in [7, 11) is 0. The first-order valence-electron chi connectivity index (χ1n) is 6.63. The van der Waals surface area contributed by atoms with Gasteiger partial charge >= 0.3 is 0 Å². The zero-order chi connectivity index (χ0) is 11.4. The highest BCUT2D eigenvalue weighted by molar-refractivity contribution is 4.79. The van der Waals surface area contributed by atoms with Gasteiger partial charge in [-0.05, 0) is 32.6 Å². The molecule has 1 N–H and O–H groups in total. The van der Waals surface area contributed by atoms with E-state index in [-0.39, 0.29) is 6.04 Å². The normalized spacial score (nSPS) is 13.5. The van der Waals surface area contributed by atoms with Gasteiger partial charge in [-0.15, -0.1) is 0 Å². The molecule has 0 saturated heterocycles. The average Bonchev–Trinajstić information content (AvgIpc) is 2.20. The molecule has 0 aliphatic rings. The van der Waals surface area contributed by atoms with Crippen LogP contribution in [0.1, 0.15) is 71.6 Å². The zero-order valence-corrected chi connectivity index (χ0v) is 10.6. The molecule has 0 aliphatic carbocycles. The quantitative estimate of drug-likeness (QED) is 0.367. The molecule has 0 aromatic carbocycles. The molecule has 1 nitrogen and oxygen atoms in total. The number of hydrogen-bond donors (Lipinski definition) is 0. The van der Waals surface area contributed by atoms with E-state index in [1.807, 2.05) is 6.92 Å². The van der Waals surface area contributed by atoms with Crippen molar-refractivity contribution in [3.05, 3.63) is 12.2 Å². The Hall–Kier alpha value is -0.300. The number of rotatable bonds is 10. The van der Waals surface area contributed by atoms with Crippen molar-refractivity contribution in [3.8, 4) is 0 Å². The van der Waals surface area contributed by atoms with Gasteiger partial charge in [0.2, 0.25) is 0 Å². The molecule has 0 aromatic rings. The molecule has 0 aromatic heterocycles. The highest BCUT2D eigenvalue weighted by atomic mass is 14.6. The van der Waals surface area contributed by atoms with E-state index in [1.54, 1.807) is 0 Å². The molecule has 1 unspecified atom stereocenters. The SMILES string of the molecule is CCC=CCCCCCCCCC(C)[NH]. The van der Waals surface area contributed by atoms with Crippen LogP contribution in [0.4, 0.5) is 0 Å². The third-order valence-corrected chi connectivity index (χ3v) is 2.66. The van der Waals surface area contributed by atoms with Crippen molar-refractivity contribution >= 4 is 0 Å². The van der Waals surface area contributed by atoms with Crippen LogP contribution in [0.15, 0.2) is 12.2 Å². The fraction of sp³-hybridized carbons (Fsp3) is 0.857. The van der Waals surface area contributed by atoms with E-state index < -0.39 is 0 Å². The van der Waals surface area contributed by atoms with Crippen molar-refractivity contribution in [2.24, 2.45) is 0 Å². The standard InChI is InChI=1S/C14H28N/c1-3-4-5-6-7-8-9-10-11-12-13-14(2)15/h4-5,14-15H,3,6-13H2,1-2H3. The van der Waals surface area contributed by atoms with Crippen molar-refractivity contribution in [2.75, 3.05) is 0 Å². The van der Waals surface area contributed by atoms with E-state index in [1.165, 1.54) is 51.4 Å². The third kappa shape index (κ3) is 13.7. The first-order valence-corrected chi connectivity index (χ1v) is 6.63. The minimum Gasteiger partial charge on any atom is -0.255 e.